The first-order valence-electron chi connectivity index (χ1n) is 21.0. The van der Waals surface area contributed by atoms with E-state index in [-0.39, 0.29) is 67.6 Å². The lowest BCUT2D eigenvalue weighted by Gasteiger charge is -2.18. The largest absolute Gasteiger partial charge is 0.346 e. The molecule has 7 heterocycles. The molecule has 0 unspecified atom stereocenters. The number of hydrogen-bond donors (Lipinski definition) is 4. The van der Waals surface area contributed by atoms with Gasteiger partial charge in [0.1, 0.15) is 22.9 Å². The number of rotatable bonds is 11. The molecular weight excluding hydrogens is 916 g/mol. The topological polar surface area (TPSA) is 245 Å². The Morgan fingerprint density at radius 2 is 1.29 bits per heavy atom. The molecule has 0 radical (unpaired) electrons. The molecule has 68 heavy (non-hydrogen) atoms. The average Bonchev–Trinajstić information content (AvgIpc) is 4.19. The number of carbonyl (C=O) groups excluding carboxylic acids is 3. The number of pyridine rings is 1. The van der Waals surface area contributed by atoms with Crippen molar-refractivity contribution >= 4 is 75.8 Å². The molecule has 0 aliphatic carbocycles. The molecular formula is C46H41FN12O7S2. The molecule has 0 fully saturated rings. The Labute approximate surface area is 386 Å². The zero-order valence-corrected chi connectivity index (χ0v) is 38.9. The summed E-state index contributed by atoms with van der Waals surface area (Å²) >= 11 is 0. The Morgan fingerprint density at radius 3 is 1.85 bits per heavy atom. The number of halogens is 1. The highest BCUT2D eigenvalue weighted by atomic mass is 32.2. The second kappa shape index (κ2) is 15.8. The first-order chi connectivity index (χ1) is 32.4. The van der Waals surface area contributed by atoms with E-state index in [1.54, 1.807) is 57.9 Å². The number of hydrogen-bond acceptors (Lipinski definition) is 11. The molecule has 3 amide bonds. The van der Waals surface area contributed by atoms with Crippen molar-refractivity contribution in [1.82, 2.24) is 54.9 Å². The highest BCUT2D eigenvalue weighted by molar-refractivity contribution is 7.92. The van der Waals surface area contributed by atoms with Gasteiger partial charge in [-0.3, -0.25) is 34.2 Å². The summed E-state index contributed by atoms with van der Waals surface area (Å²) in [6.07, 6.45) is 4.50. The van der Waals surface area contributed by atoms with Crippen LogP contribution in [0.3, 0.4) is 0 Å². The van der Waals surface area contributed by atoms with Crippen LogP contribution in [0.2, 0.25) is 0 Å². The van der Waals surface area contributed by atoms with Crippen LogP contribution in [0.25, 0.3) is 44.0 Å². The number of amides is 3. The number of fused-ring (bicyclic) bond motifs is 4. The number of benzene rings is 3. The summed E-state index contributed by atoms with van der Waals surface area (Å²) in [7, 11) is -1.70. The predicted molar refractivity (Wildman–Crippen MR) is 247 cm³/mol. The van der Waals surface area contributed by atoms with E-state index in [2.05, 4.69) is 36.0 Å². The fourth-order valence-corrected chi connectivity index (χ4v) is 12.1. The first kappa shape index (κ1) is 43.9. The summed E-state index contributed by atoms with van der Waals surface area (Å²) in [5.74, 6) is -2.24. The molecule has 4 N–H and O–H groups in total. The van der Waals surface area contributed by atoms with E-state index in [1.807, 2.05) is 0 Å². The number of aromatic nitrogens is 9. The lowest BCUT2D eigenvalue weighted by molar-refractivity contribution is -0.117. The summed E-state index contributed by atoms with van der Waals surface area (Å²) < 4.78 is 76.2. The van der Waals surface area contributed by atoms with Crippen LogP contribution in [0, 0.1) is 19.7 Å². The zero-order valence-electron chi connectivity index (χ0n) is 37.3. The number of anilines is 1. The second-order valence-corrected chi connectivity index (χ2v) is 20.5. The van der Waals surface area contributed by atoms with Gasteiger partial charge in [0, 0.05) is 79.6 Å². The van der Waals surface area contributed by atoms with Crippen molar-refractivity contribution in [2.24, 2.45) is 21.1 Å². The molecule has 0 spiro atoms. The summed E-state index contributed by atoms with van der Waals surface area (Å²) in [5.41, 5.74) is 4.62. The maximum atomic E-state index is 16.5. The van der Waals surface area contributed by atoms with Crippen LogP contribution >= 0.6 is 0 Å². The Balaban J connectivity index is 0.909. The molecule has 346 valence electrons. The number of sulfone groups is 2. The van der Waals surface area contributed by atoms with Crippen LogP contribution in [0.4, 0.5) is 10.1 Å². The minimum absolute atomic E-state index is 0.0177. The van der Waals surface area contributed by atoms with Gasteiger partial charge in [-0.1, -0.05) is 0 Å². The van der Waals surface area contributed by atoms with Crippen molar-refractivity contribution < 1.29 is 35.6 Å². The summed E-state index contributed by atoms with van der Waals surface area (Å²) in [4.78, 5) is 46.7. The molecule has 0 saturated carbocycles. The van der Waals surface area contributed by atoms with Gasteiger partial charge in [-0.25, -0.2) is 21.2 Å². The summed E-state index contributed by atoms with van der Waals surface area (Å²) in [6.45, 7) is 2.79. The molecule has 0 bridgehead atoms. The van der Waals surface area contributed by atoms with Crippen molar-refractivity contribution in [2.45, 2.75) is 52.9 Å². The number of H-pyrrole nitrogens is 2. The van der Waals surface area contributed by atoms with Crippen LogP contribution in [0.5, 0.6) is 0 Å². The third-order valence-electron chi connectivity index (χ3n) is 12.9. The maximum absolute atomic E-state index is 16.5. The Hall–Kier alpha value is -7.98. The number of aryl methyl sites for hydroxylation is 1. The van der Waals surface area contributed by atoms with Crippen molar-refractivity contribution in [1.29, 1.82) is 0 Å². The van der Waals surface area contributed by atoms with Gasteiger partial charge in [0.15, 0.2) is 0 Å². The van der Waals surface area contributed by atoms with E-state index in [0.29, 0.717) is 66.6 Å². The van der Waals surface area contributed by atoms with Crippen molar-refractivity contribution in [3.05, 3.63) is 125 Å². The van der Waals surface area contributed by atoms with Crippen LogP contribution in [-0.4, -0.2) is 85.9 Å². The molecule has 22 heteroatoms. The first-order valence-corrected chi connectivity index (χ1v) is 24.0. The quantitative estimate of drug-likeness (QED) is 0.136. The fraction of sp³-hybridized carbons (Fsp3) is 0.196. The zero-order chi connectivity index (χ0) is 48.1. The van der Waals surface area contributed by atoms with Gasteiger partial charge in [-0.2, -0.15) is 15.3 Å². The van der Waals surface area contributed by atoms with E-state index in [4.69, 9.17) is 5.10 Å². The van der Waals surface area contributed by atoms with Gasteiger partial charge in [0.05, 0.1) is 72.9 Å². The van der Waals surface area contributed by atoms with E-state index >= 15 is 4.39 Å². The molecule has 3 aromatic carbocycles. The van der Waals surface area contributed by atoms with Gasteiger partial charge in [0.2, 0.25) is 25.6 Å². The number of nitrogens with zero attached hydrogens (tertiary/aromatic N) is 8. The molecule has 9 aromatic rings. The fourth-order valence-electron chi connectivity index (χ4n) is 8.98. The standard InChI is InChI=1S/C46H41FN12O7S2/c1-23-39(67(63,64)27-7-9-34-25(13-27)19-51-53-34)17-37(56(23)3)45(61)49-21-32-33(47)15-30(31-16-41(60)58(5)43(31)32)42-29-11-12-48-36(44(29)59(6)55-42)22-50-46(62)38-18-40(24(2)57(38)4)68(65,66)28-8-10-35-26(14-28)20-52-54-35/h7-15,17-20H,16,21-22H2,1-6H3,(H,49,61)(H,50,62)(H,51,53)(H,52,54). The predicted octanol–water partition coefficient (Wildman–Crippen LogP) is 4.87. The average molecular weight is 957 g/mol. The normalized spacial score (nSPS) is 13.0. The van der Waals surface area contributed by atoms with Gasteiger partial charge in [-0.05, 0) is 80.1 Å². The summed E-state index contributed by atoms with van der Waals surface area (Å²) in [6, 6.07) is 14.8. The lowest BCUT2D eigenvalue weighted by Crippen LogP contribution is -2.27. The van der Waals surface area contributed by atoms with Crippen LogP contribution in [-0.2, 0) is 65.1 Å². The molecule has 1 aliphatic rings. The van der Waals surface area contributed by atoms with Crippen molar-refractivity contribution in [3.63, 3.8) is 0 Å². The van der Waals surface area contributed by atoms with E-state index in [0.717, 1.165) is 0 Å². The van der Waals surface area contributed by atoms with E-state index < -0.39 is 37.3 Å². The SMILES string of the molecule is Cc1c(S(=O)(=O)c2ccc3[nH]ncc3c2)cc(C(=O)NCc2c(F)cc(-c3nn(C)c4c(CNC(=O)c5cc(S(=O)(=O)c6ccc7[nH]ncc7c6)c(C)n5C)nccc34)c3c2N(C)C(=O)C3)n1C. The van der Waals surface area contributed by atoms with Gasteiger partial charge >= 0.3 is 0 Å². The lowest BCUT2D eigenvalue weighted by atomic mass is 9.96. The van der Waals surface area contributed by atoms with Gasteiger partial charge in [-0.15, -0.1) is 0 Å². The monoisotopic (exact) mass is 956 g/mol. The minimum atomic E-state index is -4.05. The third-order valence-corrected chi connectivity index (χ3v) is 16.6. The third kappa shape index (κ3) is 6.84. The maximum Gasteiger partial charge on any atom is 0.268 e. The minimum Gasteiger partial charge on any atom is -0.346 e. The Morgan fingerprint density at radius 1 is 0.750 bits per heavy atom. The Bertz CT molecular complexity index is 3880. The van der Waals surface area contributed by atoms with E-state index in [9.17, 15) is 31.2 Å². The molecule has 0 atom stereocenters. The van der Waals surface area contributed by atoms with E-state index in [1.165, 1.54) is 82.1 Å². The highest BCUT2D eigenvalue weighted by Gasteiger charge is 2.34. The van der Waals surface area contributed by atoms with Gasteiger partial charge < -0.3 is 24.7 Å². The van der Waals surface area contributed by atoms with Crippen LogP contribution < -0.4 is 15.5 Å². The number of carbonyl (C=O) groups is 3. The molecule has 19 nitrogen and oxygen atoms in total. The summed E-state index contributed by atoms with van der Waals surface area (Å²) in [5, 5.41) is 25.7. The molecule has 0 saturated heterocycles. The van der Waals surface area contributed by atoms with Gasteiger partial charge in [0.25, 0.3) is 11.8 Å². The highest BCUT2D eigenvalue weighted by Crippen LogP contribution is 2.42. The number of nitrogens with one attached hydrogen (secondary N) is 4. The molecule has 6 aromatic heterocycles. The van der Waals surface area contributed by atoms with Crippen molar-refractivity contribution in [2.75, 3.05) is 11.9 Å². The number of aromatic amines is 2. The Kier molecular flexibility index (Phi) is 10.2. The number of likely N-dealkylation sites (N-methyl/N-ethyl adjacent to an activating group) is 1. The molecule has 10 rings (SSSR count). The van der Waals surface area contributed by atoms with Crippen LogP contribution in [0.1, 0.15) is 49.2 Å². The van der Waals surface area contributed by atoms with Crippen molar-refractivity contribution in [3.8, 4) is 11.3 Å². The second-order valence-electron chi connectivity index (χ2n) is 16.7. The molecule has 1 aliphatic heterocycles. The smallest absolute Gasteiger partial charge is 0.268 e. The van der Waals surface area contributed by atoms with Crippen LogP contribution in [0.15, 0.2) is 98.8 Å².